The van der Waals surface area contributed by atoms with Crippen LogP contribution in [-0.2, 0) is 21.4 Å². The average molecular weight is 525 g/mol. The van der Waals surface area contributed by atoms with Crippen LogP contribution in [0.5, 0.6) is 11.5 Å². The van der Waals surface area contributed by atoms with Crippen LogP contribution < -0.4 is 10.1 Å². The number of benzene rings is 4. The highest BCUT2D eigenvalue weighted by molar-refractivity contribution is 7.89. The van der Waals surface area contributed by atoms with Crippen molar-refractivity contribution in [3.63, 3.8) is 0 Å². The van der Waals surface area contributed by atoms with Crippen molar-refractivity contribution >= 4 is 33.2 Å². The van der Waals surface area contributed by atoms with Gasteiger partial charge in [0.15, 0.2) is 0 Å². The maximum Gasteiger partial charge on any atom is 0.243 e. The molecule has 4 rings (SSSR count). The lowest BCUT2D eigenvalue weighted by atomic mass is 10.2. The minimum absolute atomic E-state index is 0.0570. The van der Waals surface area contributed by atoms with Crippen molar-refractivity contribution in [3.05, 3.63) is 120 Å². The van der Waals surface area contributed by atoms with Crippen molar-refractivity contribution in [3.8, 4) is 11.5 Å². The lowest BCUT2D eigenvalue weighted by molar-refractivity contribution is -0.116. The van der Waals surface area contributed by atoms with E-state index in [4.69, 9.17) is 16.3 Å². The summed E-state index contributed by atoms with van der Waals surface area (Å²) < 4.78 is 47.6. The number of nitrogens with zero attached hydrogens (tertiary/aromatic N) is 1. The Bertz CT molecular complexity index is 1430. The zero-order chi connectivity index (χ0) is 25.5. The fourth-order valence-corrected chi connectivity index (χ4v) is 4.89. The molecule has 184 valence electrons. The molecule has 1 amide bonds. The Morgan fingerprint density at radius 1 is 0.833 bits per heavy atom. The second kappa shape index (κ2) is 11.3. The molecule has 0 unspecified atom stereocenters. The van der Waals surface area contributed by atoms with E-state index in [1.165, 1.54) is 42.5 Å². The molecule has 4 aromatic rings. The van der Waals surface area contributed by atoms with Gasteiger partial charge >= 0.3 is 0 Å². The lowest BCUT2D eigenvalue weighted by Crippen LogP contribution is -2.37. The van der Waals surface area contributed by atoms with Crippen molar-refractivity contribution in [2.24, 2.45) is 0 Å². The number of ether oxygens (including phenoxy) is 1. The smallest absolute Gasteiger partial charge is 0.243 e. The molecule has 0 aromatic heterocycles. The van der Waals surface area contributed by atoms with Crippen LogP contribution in [0.15, 0.2) is 108 Å². The number of hydrogen-bond acceptors (Lipinski definition) is 4. The van der Waals surface area contributed by atoms with E-state index in [1.807, 2.05) is 30.3 Å². The van der Waals surface area contributed by atoms with E-state index < -0.39 is 28.3 Å². The van der Waals surface area contributed by atoms with E-state index in [2.05, 4.69) is 5.32 Å². The largest absolute Gasteiger partial charge is 0.457 e. The molecule has 6 nitrogen and oxygen atoms in total. The normalized spacial score (nSPS) is 11.3. The predicted octanol–water partition coefficient (Wildman–Crippen LogP) is 6.10. The lowest BCUT2D eigenvalue weighted by Gasteiger charge is -2.22. The number of carbonyl (C=O) groups excluding carboxylic acids is 1. The van der Waals surface area contributed by atoms with Crippen LogP contribution in [0.25, 0.3) is 0 Å². The number of para-hydroxylation sites is 1. The second-order valence-electron chi connectivity index (χ2n) is 7.81. The Hall–Kier alpha value is -3.72. The van der Waals surface area contributed by atoms with E-state index in [9.17, 15) is 17.6 Å². The van der Waals surface area contributed by atoms with Crippen LogP contribution in [0, 0.1) is 5.82 Å². The van der Waals surface area contributed by atoms with Gasteiger partial charge in [-0.2, -0.15) is 4.31 Å². The molecule has 4 aromatic carbocycles. The Morgan fingerprint density at radius 3 is 2.11 bits per heavy atom. The highest BCUT2D eigenvalue weighted by Gasteiger charge is 2.28. The molecule has 0 aliphatic heterocycles. The number of amides is 1. The first-order valence-corrected chi connectivity index (χ1v) is 12.7. The SMILES string of the molecule is O=C(CN(Cc1ccccc1F)S(=O)(=O)c1ccc(Cl)cc1)Nc1ccc(Oc2ccccc2)cc1. The average Bonchev–Trinajstić information content (AvgIpc) is 2.87. The van der Waals surface area contributed by atoms with E-state index >= 15 is 0 Å². The number of rotatable bonds is 9. The minimum Gasteiger partial charge on any atom is -0.457 e. The molecule has 0 saturated heterocycles. The maximum atomic E-state index is 14.3. The molecule has 0 bridgehead atoms. The number of nitrogens with one attached hydrogen (secondary N) is 1. The van der Waals surface area contributed by atoms with Crippen molar-refractivity contribution in [1.29, 1.82) is 0 Å². The van der Waals surface area contributed by atoms with Crippen LogP contribution >= 0.6 is 11.6 Å². The first-order valence-electron chi connectivity index (χ1n) is 10.9. The third-order valence-electron chi connectivity index (χ3n) is 5.19. The Kier molecular flexibility index (Phi) is 8.00. The number of hydrogen-bond donors (Lipinski definition) is 1. The summed E-state index contributed by atoms with van der Waals surface area (Å²) in [5.41, 5.74) is 0.598. The van der Waals surface area contributed by atoms with Gasteiger partial charge in [0.2, 0.25) is 15.9 Å². The summed E-state index contributed by atoms with van der Waals surface area (Å²) in [5, 5.41) is 3.05. The topological polar surface area (TPSA) is 75.7 Å². The molecule has 0 heterocycles. The molecule has 0 aliphatic rings. The van der Waals surface area contributed by atoms with Crippen LogP contribution in [-0.4, -0.2) is 25.2 Å². The molecule has 0 radical (unpaired) electrons. The summed E-state index contributed by atoms with van der Waals surface area (Å²) in [6.07, 6.45) is 0. The van der Waals surface area contributed by atoms with Crippen LogP contribution in [0.4, 0.5) is 10.1 Å². The maximum absolute atomic E-state index is 14.3. The Balaban J connectivity index is 1.50. The van der Waals surface area contributed by atoms with Crippen LogP contribution in [0.2, 0.25) is 5.02 Å². The summed E-state index contributed by atoms with van der Waals surface area (Å²) in [5.74, 6) is 0.0972. The Morgan fingerprint density at radius 2 is 1.44 bits per heavy atom. The standard InChI is InChI=1S/C27H22ClFN2O4S/c28-21-10-16-25(17-11-21)36(33,34)31(18-20-6-4-5-9-26(20)29)19-27(32)30-22-12-14-24(15-13-22)35-23-7-2-1-3-8-23/h1-17H,18-19H2,(H,30,32). The van der Waals surface area contributed by atoms with Crippen molar-refractivity contribution < 1.29 is 22.3 Å². The van der Waals surface area contributed by atoms with Crippen LogP contribution in [0.1, 0.15) is 5.56 Å². The highest BCUT2D eigenvalue weighted by atomic mass is 35.5. The summed E-state index contributed by atoms with van der Waals surface area (Å²) in [7, 11) is -4.13. The van der Waals surface area contributed by atoms with E-state index in [1.54, 1.807) is 30.3 Å². The first kappa shape index (κ1) is 25.4. The summed E-state index contributed by atoms with van der Waals surface area (Å²) in [6.45, 7) is -0.851. The van der Waals surface area contributed by atoms with Crippen molar-refractivity contribution in [1.82, 2.24) is 4.31 Å². The quantitative estimate of drug-likeness (QED) is 0.287. The summed E-state index contributed by atoms with van der Waals surface area (Å²) in [6, 6.07) is 27.3. The molecule has 1 N–H and O–H groups in total. The fraction of sp³-hybridized carbons (Fsp3) is 0.0741. The zero-order valence-corrected chi connectivity index (χ0v) is 20.5. The second-order valence-corrected chi connectivity index (χ2v) is 10.2. The number of anilines is 1. The molecule has 0 saturated carbocycles. The van der Waals surface area contributed by atoms with Gasteiger partial charge < -0.3 is 10.1 Å². The molecule has 0 spiro atoms. The first-order chi connectivity index (χ1) is 17.3. The number of halogens is 2. The van der Waals surface area contributed by atoms with E-state index in [0.717, 1.165) is 4.31 Å². The molecule has 0 fully saturated rings. The van der Waals surface area contributed by atoms with Gasteiger partial charge in [-0.25, -0.2) is 12.8 Å². The predicted molar refractivity (Wildman–Crippen MR) is 137 cm³/mol. The molecular formula is C27H22ClFN2O4S. The molecule has 0 aliphatic carbocycles. The minimum atomic E-state index is -4.13. The van der Waals surface area contributed by atoms with E-state index in [0.29, 0.717) is 22.2 Å². The monoisotopic (exact) mass is 524 g/mol. The summed E-state index contributed by atoms with van der Waals surface area (Å²) in [4.78, 5) is 12.8. The molecule has 9 heteroatoms. The molecule has 36 heavy (non-hydrogen) atoms. The fourth-order valence-electron chi connectivity index (χ4n) is 3.39. The molecule has 0 atom stereocenters. The number of sulfonamides is 1. The van der Waals surface area contributed by atoms with Gasteiger partial charge in [0.1, 0.15) is 17.3 Å². The van der Waals surface area contributed by atoms with E-state index in [-0.39, 0.29) is 17.0 Å². The van der Waals surface area contributed by atoms with Gasteiger partial charge in [0.05, 0.1) is 11.4 Å². The van der Waals surface area contributed by atoms with Crippen LogP contribution in [0.3, 0.4) is 0 Å². The highest BCUT2D eigenvalue weighted by Crippen LogP contribution is 2.24. The van der Waals surface area contributed by atoms with Crippen molar-refractivity contribution in [2.75, 3.05) is 11.9 Å². The zero-order valence-electron chi connectivity index (χ0n) is 19.0. The number of carbonyl (C=O) groups is 1. The third-order valence-corrected chi connectivity index (χ3v) is 7.25. The van der Waals surface area contributed by atoms with Gasteiger partial charge in [-0.3, -0.25) is 4.79 Å². The third kappa shape index (κ3) is 6.48. The van der Waals surface area contributed by atoms with Gasteiger partial charge in [-0.1, -0.05) is 48.0 Å². The van der Waals surface area contributed by atoms with Gasteiger partial charge in [-0.05, 0) is 66.7 Å². The van der Waals surface area contributed by atoms with Gasteiger partial charge in [0.25, 0.3) is 0 Å². The van der Waals surface area contributed by atoms with Gasteiger partial charge in [-0.15, -0.1) is 0 Å². The molecular weight excluding hydrogens is 503 g/mol. The van der Waals surface area contributed by atoms with Crippen molar-refractivity contribution in [2.45, 2.75) is 11.4 Å². The Labute approximate surface area is 214 Å². The summed E-state index contributed by atoms with van der Waals surface area (Å²) >= 11 is 5.89. The van der Waals surface area contributed by atoms with Gasteiger partial charge in [0, 0.05) is 22.8 Å².